The van der Waals surface area contributed by atoms with E-state index >= 15 is 0 Å². The number of benzene rings is 1. The van der Waals surface area contributed by atoms with Crippen LogP contribution in [-0.4, -0.2) is 16.6 Å². The van der Waals surface area contributed by atoms with E-state index in [9.17, 15) is 0 Å². The molecule has 0 N–H and O–H groups in total. The van der Waals surface area contributed by atoms with Crippen LogP contribution in [0.1, 0.15) is 23.8 Å². The van der Waals surface area contributed by atoms with Crippen molar-refractivity contribution >= 4 is 21.6 Å². The van der Waals surface area contributed by atoms with Crippen molar-refractivity contribution in [2.24, 2.45) is 0 Å². The summed E-state index contributed by atoms with van der Waals surface area (Å²) in [6, 6.07) is 7.64. The maximum absolute atomic E-state index is 6.01. The van der Waals surface area contributed by atoms with Gasteiger partial charge < -0.3 is 9.47 Å². The maximum atomic E-state index is 6.01. The lowest BCUT2D eigenvalue weighted by atomic mass is 10.2. The molecule has 0 bridgehead atoms. The number of thiophene rings is 1. The van der Waals surface area contributed by atoms with Gasteiger partial charge in [-0.3, -0.25) is 0 Å². The number of nitrogens with zero attached hydrogens (tertiary/aromatic N) is 2. The summed E-state index contributed by atoms with van der Waals surface area (Å²) in [4.78, 5) is 11.2. The second-order valence-corrected chi connectivity index (χ2v) is 6.31. The average molecular weight is 312 g/mol. The first-order valence-electron chi connectivity index (χ1n) is 7.51. The van der Waals surface area contributed by atoms with Crippen molar-refractivity contribution < 1.29 is 9.47 Å². The third-order valence-electron chi connectivity index (χ3n) is 3.82. The second kappa shape index (κ2) is 5.57. The van der Waals surface area contributed by atoms with E-state index in [1.54, 1.807) is 17.7 Å². The maximum Gasteiger partial charge on any atom is 0.231 e. The molecule has 0 spiro atoms. The van der Waals surface area contributed by atoms with E-state index in [2.05, 4.69) is 9.97 Å². The predicted molar refractivity (Wildman–Crippen MR) is 87.1 cm³/mol. The first kappa shape index (κ1) is 13.5. The van der Waals surface area contributed by atoms with Gasteiger partial charge in [-0.2, -0.15) is 0 Å². The molecule has 0 unspecified atom stereocenters. The SMILES string of the molecule is CCOc1ccc(Oc2ncnc3sc4c(c23)CCC4)cc1. The van der Waals surface area contributed by atoms with Gasteiger partial charge >= 0.3 is 0 Å². The zero-order valence-corrected chi connectivity index (χ0v) is 13.2. The van der Waals surface area contributed by atoms with Crippen LogP contribution in [0.5, 0.6) is 17.4 Å². The van der Waals surface area contributed by atoms with Crippen molar-refractivity contribution in [1.82, 2.24) is 9.97 Å². The van der Waals surface area contributed by atoms with E-state index < -0.39 is 0 Å². The van der Waals surface area contributed by atoms with Crippen LogP contribution < -0.4 is 9.47 Å². The molecular weight excluding hydrogens is 296 g/mol. The Morgan fingerprint density at radius 2 is 1.91 bits per heavy atom. The van der Waals surface area contributed by atoms with Crippen LogP contribution in [0.4, 0.5) is 0 Å². The number of aromatic nitrogens is 2. The number of rotatable bonds is 4. The summed E-state index contributed by atoms with van der Waals surface area (Å²) in [7, 11) is 0. The van der Waals surface area contributed by atoms with E-state index in [4.69, 9.17) is 9.47 Å². The number of ether oxygens (including phenoxy) is 2. The minimum atomic E-state index is 0.660. The monoisotopic (exact) mass is 312 g/mol. The fraction of sp³-hybridized carbons (Fsp3) is 0.294. The van der Waals surface area contributed by atoms with E-state index in [0.717, 1.165) is 34.6 Å². The number of hydrogen-bond donors (Lipinski definition) is 0. The first-order valence-corrected chi connectivity index (χ1v) is 8.32. The van der Waals surface area contributed by atoms with Gasteiger partial charge in [-0.1, -0.05) is 0 Å². The molecule has 1 aromatic carbocycles. The fourth-order valence-electron chi connectivity index (χ4n) is 2.86. The van der Waals surface area contributed by atoms with Gasteiger partial charge in [0.15, 0.2) is 0 Å². The van der Waals surface area contributed by atoms with Crippen molar-refractivity contribution in [3.8, 4) is 17.4 Å². The lowest BCUT2D eigenvalue weighted by Crippen LogP contribution is -1.93. The Labute approximate surface area is 132 Å². The number of fused-ring (bicyclic) bond motifs is 3. The lowest BCUT2D eigenvalue weighted by Gasteiger charge is -2.08. The Morgan fingerprint density at radius 1 is 1.09 bits per heavy atom. The van der Waals surface area contributed by atoms with Crippen molar-refractivity contribution in [3.05, 3.63) is 41.0 Å². The van der Waals surface area contributed by atoms with E-state index in [0.29, 0.717) is 12.5 Å². The summed E-state index contributed by atoms with van der Waals surface area (Å²) < 4.78 is 11.5. The van der Waals surface area contributed by atoms with E-state index in [-0.39, 0.29) is 0 Å². The largest absolute Gasteiger partial charge is 0.494 e. The molecule has 4 nitrogen and oxygen atoms in total. The molecule has 0 amide bonds. The Kier molecular flexibility index (Phi) is 3.42. The molecule has 0 saturated carbocycles. The predicted octanol–water partition coefficient (Wildman–Crippen LogP) is 4.37. The van der Waals surface area contributed by atoms with Crippen LogP contribution in [-0.2, 0) is 12.8 Å². The van der Waals surface area contributed by atoms with Crippen LogP contribution in [0.25, 0.3) is 10.2 Å². The highest BCUT2D eigenvalue weighted by Crippen LogP contribution is 2.40. The molecule has 0 aliphatic heterocycles. The van der Waals surface area contributed by atoms with E-state index in [1.807, 2.05) is 31.2 Å². The van der Waals surface area contributed by atoms with Crippen molar-refractivity contribution in [1.29, 1.82) is 0 Å². The summed E-state index contributed by atoms with van der Waals surface area (Å²) >= 11 is 1.77. The van der Waals surface area contributed by atoms with E-state index in [1.165, 1.54) is 16.9 Å². The molecule has 2 heterocycles. The molecule has 1 aliphatic carbocycles. The number of hydrogen-bond acceptors (Lipinski definition) is 5. The Morgan fingerprint density at radius 3 is 2.73 bits per heavy atom. The third kappa shape index (κ3) is 2.31. The molecule has 0 saturated heterocycles. The Hall–Kier alpha value is -2.14. The molecule has 5 heteroatoms. The van der Waals surface area contributed by atoms with Crippen LogP contribution >= 0.6 is 11.3 Å². The fourth-order valence-corrected chi connectivity index (χ4v) is 4.08. The molecule has 4 rings (SSSR count). The molecule has 0 atom stereocenters. The van der Waals surface area contributed by atoms with Gasteiger partial charge in [0.05, 0.1) is 12.0 Å². The van der Waals surface area contributed by atoms with Crippen LogP contribution in [0, 0.1) is 0 Å². The second-order valence-electron chi connectivity index (χ2n) is 5.22. The van der Waals surface area contributed by atoms with Gasteiger partial charge in [0.1, 0.15) is 22.7 Å². The summed E-state index contributed by atoms with van der Waals surface area (Å²) in [5.74, 6) is 2.27. The molecular formula is C17H16N2O2S. The summed E-state index contributed by atoms with van der Waals surface area (Å²) in [5.41, 5.74) is 1.38. The highest BCUT2D eigenvalue weighted by Gasteiger charge is 2.22. The highest BCUT2D eigenvalue weighted by molar-refractivity contribution is 7.18. The first-order chi connectivity index (χ1) is 10.8. The highest BCUT2D eigenvalue weighted by atomic mass is 32.1. The smallest absolute Gasteiger partial charge is 0.231 e. The minimum Gasteiger partial charge on any atom is -0.494 e. The van der Waals surface area contributed by atoms with Crippen LogP contribution in [0.15, 0.2) is 30.6 Å². The molecule has 22 heavy (non-hydrogen) atoms. The lowest BCUT2D eigenvalue weighted by molar-refractivity contribution is 0.339. The number of aryl methyl sites for hydroxylation is 2. The molecule has 1 aliphatic rings. The van der Waals surface area contributed by atoms with Crippen LogP contribution in [0.2, 0.25) is 0 Å². The Balaban J connectivity index is 1.69. The van der Waals surface area contributed by atoms with Crippen molar-refractivity contribution in [2.75, 3.05) is 6.61 Å². The molecule has 3 aromatic rings. The summed E-state index contributed by atoms with van der Waals surface area (Å²) in [6.07, 6.45) is 5.05. The van der Waals surface area contributed by atoms with Gasteiger partial charge in [-0.25, -0.2) is 9.97 Å². The summed E-state index contributed by atoms with van der Waals surface area (Å²) in [6.45, 7) is 2.63. The average Bonchev–Trinajstić information content (AvgIpc) is 3.10. The molecule has 112 valence electrons. The summed E-state index contributed by atoms with van der Waals surface area (Å²) in [5, 5.41) is 1.09. The minimum absolute atomic E-state index is 0.660. The molecule has 2 aromatic heterocycles. The zero-order valence-electron chi connectivity index (χ0n) is 12.3. The van der Waals surface area contributed by atoms with Gasteiger partial charge in [-0.05, 0) is 56.0 Å². The topological polar surface area (TPSA) is 44.2 Å². The van der Waals surface area contributed by atoms with Gasteiger partial charge in [0.2, 0.25) is 5.88 Å². The normalized spacial score (nSPS) is 13.3. The van der Waals surface area contributed by atoms with Gasteiger partial charge in [0.25, 0.3) is 0 Å². The molecule has 0 fully saturated rings. The quantitative estimate of drug-likeness (QED) is 0.717. The molecule has 0 radical (unpaired) electrons. The zero-order chi connectivity index (χ0) is 14.9. The Bertz CT molecular complexity index is 811. The van der Waals surface area contributed by atoms with Gasteiger partial charge in [-0.15, -0.1) is 11.3 Å². The van der Waals surface area contributed by atoms with Crippen molar-refractivity contribution in [2.45, 2.75) is 26.2 Å². The van der Waals surface area contributed by atoms with Gasteiger partial charge in [0, 0.05) is 4.88 Å². The third-order valence-corrected chi connectivity index (χ3v) is 5.02. The van der Waals surface area contributed by atoms with Crippen molar-refractivity contribution in [3.63, 3.8) is 0 Å². The standard InChI is InChI=1S/C17H16N2O2S/c1-2-20-11-6-8-12(9-7-11)21-16-15-13-4-3-5-14(13)22-17(15)19-10-18-16/h6-10H,2-5H2,1H3. The van der Waals surface area contributed by atoms with Crippen LogP contribution in [0.3, 0.4) is 0 Å².